The van der Waals surface area contributed by atoms with Crippen molar-refractivity contribution in [3.8, 4) is 5.75 Å². The van der Waals surface area contributed by atoms with Gasteiger partial charge in [-0.3, -0.25) is 0 Å². The fourth-order valence-electron chi connectivity index (χ4n) is 1.00. The van der Waals surface area contributed by atoms with E-state index in [0.29, 0.717) is 12.3 Å². The monoisotopic (exact) mass is 211 g/mol. The summed E-state index contributed by atoms with van der Waals surface area (Å²) in [7, 11) is 3.24. The lowest BCUT2D eigenvalue weighted by Gasteiger charge is -2.09. The number of carbonyl (C=O) groups is 1. The number of aliphatic hydroxyl groups is 1. The minimum absolute atomic E-state index is 0.0513. The van der Waals surface area contributed by atoms with E-state index < -0.39 is 6.09 Å². The fraction of sp³-hybridized carbons (Fsp3) is 0.400. The van der Waals surface area contributed by atoms with Crippen molar-refractivity contribution < 1.29 is 19.2 Å². The lowest BCUT2D eigenvalue weighted by atomic mass is 10.4. The van der Waals surface area contributed by atoms with Gasteiger partial charge in [-0.25, -0.2) is 4.79 Å². The highest BCUT2D eigenvalue weighted by molar-refractivity contribution is 5.69. The summed E-state index contributed by atoms with van der Waals surface area (Å²) in [6, 6.07) is 3.45. The van der Waals surface area contributed by atoms with Gasteiger partial charge in [0.05, 0.1) is 0 Å². The molecule has 5 nitrogen and oxygen atoms in total. The van der Waals surface area contributed by atoms with E-state index in [9.17, 15) is 4.79 Å². The highest BCUT2D eigenvalue weighted by Gasteiger charge is 2.09. The van der Waals surface area contributed by atoms with Gasteiger partial charge < -0.3 is 14.7 Å². The van der Waals surface area contributed by atoms with Crippen LogP contribution in [0.4, 0.5) is 4.79 Å². The molecule has 1 aromatic rings. The van der Waals surface area contributed by atoms with Crippen LogP contribution in [0.5, 0.6) is 5.75 Å². The minimum atomic E-state index is -0.420. The summed E-state index contributed by atoms with van der Waals surface area (Å²) in [4.78, 5) is 12.6. The van der Waals surface area contributed by atoms with Crippen LogP contribution in [-0.2, 0) is 6.54 Å². The molecule has 0 saturated carbocycles. The average molecular weight is 211 g/mol. The fourth-order valence-corrected chi connectivity index (χ4v) is 1.00. The van der Waals surface area contributed by atoms with E-state index in [4.69, 9.17) is 9.84 Å². The molecule has 1 rings (SSSR count). The zero-order valence-electron chi connectivity index (χ0n) is 8.88. The first kappa shape index (κ1) is 11.5. The van der Waals surface area contributed by atoms with Gasteiger partial charge in [0.25, 0.3) is 0 Å². The molecule has 0 bridgehead atoms. The molecule has 0 spiro atoms. The lowest BCUT2D eigenvalue weighted by molar-refractivity contribution is -0.698. The largest absolute Gasteiger partial charge is 0.414 e. The number of pyridine rings is 1. The predicted molar refractivity (Wildman–Crippen MR) is 53.4 cm³/mol. The third-order valence-corrected chi connectivity index (χ3v) is 1.76. The Morgan fingerprint density at radius 2 is 2.33 bits per heavy atom. The Morgan fingerprint density at radius 1 is 1.60 bits per heavy atom. The second-order valence-corrected chi connectivity index (χ2v) is 3.26. The first-order valence-electron chi connectivity index (χ1n) is 4.62. The maximum Gasteiger partial charge on any atom is 0.414 e. The van der Waals surface area contributed by atoms with Crippen molar-refractivity contribution in [3.05, 3.63) is 24.5 Å². The number of nitrogens with zero attached hydrogens (tertiary/aromatic N) is 2. The number of aromatic nitrogens is 1. The van der Waals surface area contributed by atoms with Crippen molar-refractivity contribution in [1.29, 1.82) is 0 Å². The van der Waals surface area contributed by atoms with E-state index in [-0.39, 0.29) is 6.61 Å². The van der Waals surface area contributed by atoms with E-state index in [1.165, 1.54) is 4.90 Å². The molecular weight excluding hydrogens is 196 g/mol. The van der Waals surface area contributed by atoms with Crippen LogP contribution in [0.2, 0.25) is 0 Å². The molecule has 82 valence electrons. The third-order valence-electron chi connectivity index (χ3n) is 1.76. The molecule has 1 heterocycles. The molecule has 0 aliphatic carbocycles. The molecular formula is C10H15N2O3+. The molecule has 1 aromatic heterocycles. The molecule has 0 unspecified atom stereocenters. The standard InChI is InChI=1S/C10H15N2O3/c1-11(2)10(14)15-9-4-3-5-12(8-9)6-7-13/h3-5,8,13H,6-7H2,1-2H3/q+1. The predicted octanol–water partition coefficient (Wildman–Crippen LogP) is 0.0268. The van der Waals surface area contributed by atoms with E-state index in [1.54, 1.807) is 43.2 Å². The van der Waals surface area contributed by atoms with Crippen LogP contribution in [0.3, 0.4) is 0 Å². The maximum absolute atomic E-state index is 11.2. The molecule has 0 aliphatic heterocycles. The summed E-state index contributed by atoms with van der Waals surface area (Å²) in [6.45, 7) is 0.531. The molecule has 15 heavy (non-hydrogen) atoms. The van der Waals surface area contributed by atoms with E-state index in [2.05, 4.69) is 0 Å². The molecule has 0 aliphatic rings. The van der Waals surface area contributed by atoms with Crippen LogP contribution >= 0.6 is 0 Å². The van der Waals surface area contributed by atoms with Gasteiger partial charge in [0.15, 0.2) is 18.5 Å². The van der Waals surface area contributed by atoms with Gasteiger partial charge >= 0.3 is 6.09 Å². The van der Waals surface area contributed by atoms with E-state index in [1.807, 2.05) is 0 Å². The number of hydrogen-bond donors (Lipinski definition) is 1. The van der Waals surface area contributed by atoms with Gasteiger partial charge in [-0.2, -0.15) is 4.57 Å². The Hall–Kier alpha value is -1.62. The molecule has 0 atom stereocenters. The number of rotatable bonds is 3. The minimum Gasteiger partial charge on any atom is -0.404 e. The highest BCUT2D eigenvalue weighted by Crippen LogP contribution is 2.06. The van der Waals surface area contributed by atoms with Crippen molar-refractivity contribution in [2.45, 2.75) is 6.54 Å². The van der Waals surface area contributed by atoms with Gasteiger partial charge in [0.1, 0.15) is 6.61 Å². The van der Waals surface area contributed by atoms with Crippen LogP contribution < -0.4 is 9.30 Å². The first-order valence-corrected chi connectivity index (χ1v) is 4.62. The normalized spacial score (nSPS) is 9.80. The third kappa shape index (κ3) is 3.55. The number of amides is 1. The molecule has 0 aromatic carbocycles. The van der Waals surface area contributed by atoms with Crippen LogP contribution in [0, 0.1) is 0 Å². The van der Waals surface area contributed by atoms with E-state index in [0.717, 1.165) is 0 Å². The van der Waals surface area contributed by atoms with Gasteiger partial charge in [-0.15, -0.1) is 0 Å². The maximum atomic E-state index is 11.2. The molecule has 5 heteroatoms. The molecule has 0 radical (unpaired) electrons. The Balaban J connectivity index is 2.69. The highest BCUT2D eigenvalue weighted by atomic mass is 16.6. The zero-order valence-corrected chi connectivity index (χ0v) is 8.88. The van der Waals surface area contributed by atoms with E-state index >= 15 is 0 Å². The second-order valence-electron chi connectivity index (χ2n) is 3.26. The van der Waals surface area contributed by atoms with Crippen molar-refractivity contribution in [3.63, 3.8) is 0 Å². The lowest BCUT2D eigenvalue weighted by Crippen LogP contribution is -2.35. The number of hydrogen-bond acceptors (Lipinski definition) is 3. The molecule has 0 saturated heterocycles. The summed E-state index contributed by atoms with van der Waals surface area (Å²) in [6.07, 6.45) is 3.04. The van der Waals surface area contributed by atoms with Gasteiger partial charge in [-0.1, -0.05) is 0 Å². The van der Waals surface area contributed by atoms with Crippen LogP contribution in [-0.4, -0.2) is 36.8 Å². The first-order chi connectivity index (χ1) is 7.13. The van der Waals surface area contributed by atoms with Crippen molar-refractivity contribution in [1.82, 2.24) is 4.90 Å². The topological polar surface area (TPSA) is 53.7 Å². The van der Waals surface area contributed by atoms with Crippen molar-refractivity contribution in [2.24, 2.45) is 0 Å². The summed E-state index contributed by atoms with van der Waals surface area (Å²) in [5, 5.41) is 8.74. The molecule has 1 N–H and O–H groups in total. The second kappa shape index (κ2) is 5.31. The zero-order chi connectivity index (χ0) is 11.3. The van der Waals surface area contributed by atoms with Crippen LogP contribution in [0.15, 0.2) is 24.5 Å². The van der Waals surface area contributed by atoms with Crippen LogP contribution in [0.25, 0.3) is 0 Å². The molecule has 0 fully saturated rings. The van der Waals surface area contributed by atoms with Crippen molar-refractivity contribution >= 4 is 6.09 Å². The molecule has 1 amide bonds. The van der Waals surface area contributed by atoms with Gasteiger partial charge in [0.2, 0.25) is 6.20 Å². The summed E-state index contributed by atoms with van der Waals surface area (Å²) in [5.74, 6) is 0.463. The smallest absolute Gasteiger partial charge is 0.404 e. The number of aliphatic hydroxyl groups excluding tert-OH is 1. The summed E-state index contributed by atoms with van der Waals surface area (Å²) >= 11 is 0. The SMILES string of the molecule is CN(C)C(=O)Oc1ccc[n+](CCO)c1. The Bertz CT molecular complexity index is 339. The Kier molecular flexibility index (Phi) is 4.05. The number of ether oxygens (including phenoxy) is 1. The summed E-state index contributed by atoms with van der Waals surface area (Å²) in [5.41, 5.74) is 0. The van der Waals surface area contributed by atoms with Crippen LogP contribution in [0.1, 0.15) is 0 Å². The average Bonchev–Trinajstić information content (AvgIpc) is 2.18. The van der Waals surface area contributed by atoms with Gasteiger partial charge in [0, 0.05) is 20.2 Å². The van der Waals surface area contributed by atoms with Crippen molar-refractivity contribution in [2.75, 3.05) is 20.7 Å². The Labute approximate surface area is 88.5 Å². The summed E-state index contributed by atoms with van der Waals surface area (Å²) < 4.78 is 6.80. The number of carbonyl (C=O) groups excluding carboxylic acids is 1. The van der Waals surface area contributed by atoms with Gasteiger partial charge in [-0.05, 0) is 6.07 Å². The quantitative estimate of drug-likeness (QED) is 0.717. The Morgan fingerprint density at radius 3 is 2.93 bits per heavy atom.